The molecule has 2 nitrogen and oxygen atoms in total. The molecule has 0 N–H and O–H groups in total. The highest BCUT2D eigenvalue weighted by molar-refractivity contribution is 4.92. The van der Waals surface area contributed by atoms with Crippen LogP contribution in [0.25, 0.3) is 0 Å². The molecular formula is C14H26O2. The van der Waals surface area contributed by atoms with E-state index in [-0.39, 0.29) is 11.2 Å². The second-order valence-electron chi connectivity index (χ2n) is 6.82. The van der Waals surface area contributed by atoms with Crippen molar-refractivity contribution in [1.29, 1.82) is 0 Å². The quantitative estimate of drug-likeness (QED) is 0.680. The molecular weight excluding hydrogens is 200 g/mol. The van der Waals surface area contributed by atoms with E-state index in [9.17, 15) is 0 Å². The number of ether oxygens (including phenoxy) is 2. The molecule has 0 aromatic heterocycles. The summed E-state index contributed by atoms with van der Waals surface area (Å²) < 4.78 is 12.4. The first-order valence-corrected chi connectivity index (χ1v) is 6.66. The van der Waals surface area contributed by atoms with Gasteiger partial charge in [-0.05, 0) is 18.3 Å². The molecule has 94 valence electrons. The average molecular weight is 226 g/mol. The molecule has 0 radical (unpaired) electrons. The second-order valence-corrected chi connectivity index (χ2v) is 6.82. The Labute approximate surface area is 99.7 Å². The zero-order valence-electron chi connectivity index (χ0n) is 11.4. The lowest BCUT2D eigenvalue weighted by molar-refractivity contribution is -0.334. The Kier molecular flexibility index (Phi) is 3.09. The topological polar surface area (TPSA) is 18.5 Å². The summed E-state index contributed by atoms with van der Waals surface area (Å²) in [6.07, 6.45) is 3.72. The molecule has 0 bridgehead atoms. The Morgan fingerprint density at radius 3 is 2.44 bits per heavy atom. The molecule has 1 spiro atoms. The fraction of sp³-hybridized carbons (Fsp3) is 1.00. The molecule has 0 amide bonds. The molecule has 1 aliphatic heterocycles. The highest BCUT2D eigenvalue weighted by atomic mass is 16.7. The first-order valence-electron chi connectivity index (χ1n) is 6.66. The summed E-state index contributed by atoms with van der Waals surface area (Å²) in [5.74, 6) is 1.06. The highest BCUT2D eigenvalue weighted by Gasteiger charge is 2.50. The molecule has 1 saturated carbocycles. The van der Waals surface area contributed by atoms with Gasteiger partial charge in [0.25, 0.3) is 0 Å². The van der Waals surface area contributed by atoms with Crippen LogP contribution in [0, 0.1) is 17.3 Å². The maximum absolute atomic E-state index is 6.36. The Morgan fingerprint density at radius 2 is 1.94 bits per heavy atom. The predicted octanol–water partition coefficient (Wildman–Crippen LogP) is 3.60. The van der Waals surface area contributed by atoms with Gasteiger partial charge in [-0.1, -0.05) is 34.6 Å². The molecule has 2 aliphatic rings. The van der Waals surface area contributed by atoms with Gasteiger partial charge in [-0.15, -0.1) is 0 Å². The molecule has 1 aliphatic carbocycles. The van der Waals surface area contributed by atoms with Crippen LogP contribution in [0.3, 0.4) is 0 Å². The molecule has 3 unspecified atom stereocenters. The normalized spacial score (nSPS) is 43.1. The van der Waals surface area contributed by atoms with E-state index in [4.69, 9.17) is 9.47 Å². The third-order valence-corrected chi connectivity index (χ3v) is 4.10. The van der Waals surface area contributed by atoms with Crippen LogP contribution in [0.4, 0.5) is 0 Å². The third kappa shape index (κ3) is 2.14. The van der Waals surface area contributed by atoms with Crippen molar-refractivity contribution < 1.29 is 9.47 Å². The largest absolute Gasteiger partial charge is 0.349 e. The number of hydrogen-bond acceptors (Lipinski definition) is 2. The Bertz CT molecular complexity index is 259. The van der Waals surface area contributed by atoms with Crippen LogP contribution in [0.1, 0.15) is 53.9 Å². The lowest BCUT2D eigenvalue weighted by Gasteiger charge is -2.49. The van der Waals surface area contributed by atoms with E-state index in [1.165, 1.54) is 6.42 Å². The van der Waals surface area contributed by atoms with Gasteiger partial charge in [0, 0.05) is 18.3 Å². The maximum Gasteiger partial charge on any atom is 0.168 e. The van der Waals surface area contributed by atoms with Crippen molar-refractivity contribution in [1.82, 2.24) is 0 Å². The number of rotatable bonds is 1. The minimum Gasteiger partial charge on any atom is -0.349 e. The van der Waals surface area contributed by atoms with E-state index < -0.39 is 0 Å². The van der Waals surface area contributed by atoms with E-state index in [0.29, 0.717) is 12.0 Å². The van der Waals surface area contributed by atoms with Crippen LogP contribution in [0.2, 0.25) is 0 Å². The fourth-order valence-electron chi connectivity index (χ4n) is 3.30. The summed E-state index contributed by atoms with van der Waals surface area (Å²) >= 11 is 0. The van der Waals surface area contributed by atoms with Crippen LogP contribution in [0.5, 0.6) is 0 Å². The van der Waals surface area contributed by atoms with Crippen LogP contribution < -0.4 is 0 Å². The first kappa shape index (κ1) is 12.4. The zero-order valence-corrected chi connectivity index (χ0v) is 11.4. The van der Waals surface area contributed by atoms with Crippen molar-refractivity contribution in [3.8, 4) is 0 Å². The average Bonchev–Trinajstić information content (AvgIpc) is 2.53. The fourth-order valence-corrected chi connectivity index (χ4v) is 3.30. The summed E-state index contributed by atoms with van der Waals surface area (Å²) in [4.78, 5) is 0. The Hall–Kier alpha value is -0.0800. The SMILES string of the molecule is CC1CCC2(C1)OCC(C)(C)C(C(C)C)O2. The molecule has 3 atom stereocenters. The Morgan fingerprint density at radius 1 is 1.25 bits per heavy atom. The standard InChI is InChI=1S/C14H26O2/c1-10(2)12-13(4,5)9-15-14(16-12)7-6-11(3)8-14/h10-12H,6-9H2,1-5H3. The highest BCUT2D eigenvalue weighted by Crippen LogP contribution is 2.47. The van der Waals surface area contributed by atoms with E-state index in [1.54, 1.807) is 0 Å². The third-order valence-electron chi connectivity index (χ3n) is 4.10. The molecule has 2 rings (SSSR count). The maximum atomic E-state index is 6.36. The molecule has 1 saturated heterocycles. The van der Waals surface area contributed by atoms with Gasteiger partial charge >= 0.3 is 0 Å². The van der Waals surface area contributed by atoms with Crippen molar-refractivity contribution in [3.63, 3.8) is 0 Å². The van der Waals surface area contributed by atoms with Gasteiger partial charge in [0.15, 0.2) is 5.79 Å². The van der Waals surface area contributed by atoms with Gasteiger partial charge in [-0.3, -0.25) is 0 Å². The minimum atomic E-state index is -0.246. The Balaban J connectivity index is 2.12. The molecule has 2 heteroatoms. The van der Waals surface area contributed by atoms with Crippen molar-refractivity contribution in [2.45, 2.75) is 65.8 Å². The summed E-state index contributed by atoms with van der Waals surface area (Å²) in [6, 6.07) is 0. The molecule has 16 heavy (non-hydrogen) atoms. The van der Waals surface area contributed by atoms with Crippen molar-refractivity contribution in [3.05, 3.63) is 0 Å². The van der Waals surface area contributed by atoms with Gasteiger partial charge in [0.1, 0.15) is 0 Å². The van der Waals surface area contributed by atoms with E-state index in [0.717, 1.165) is 25.4 Å². The van der Waals surface area contributed by atoms with Crippen LogP contribution in [-0.4, -0.2) is 18.5 Å². The summed E-state index contributed by atoms with van der Waals surface area (Å²) in [5, 5.41) is 0. The lowest BCUT2D eigenvalue weighted by Crippen LogP contribution is -2.53. The smallest absolute Gasteiger partial charge is 0.168 e. The number of hydrogen-bond donors (Lipinski definition) is 0. The van der Waals surface area contributed by atoms with Crippen molar-refractivity contribution in [2.24, 2.45) is 17.3 Å². The van der Waals surface area contributed by atoms with Crippen LogP contribution >= 0.6 is 0 Å². The summed E-state index contributed by atoms with van der Waals surface area (Å²) in [6.45, 7) is 12.1. The van der Waals surface area contributed by atoms with Crippen LogP contribution in [0.15, 0.2) is 0 Å². The predicted molar refractivity (Wildman–Crippen MR) is 65.2 cm³/mol. The molecule has 0 aromatic carbocycles. The first-order chi connectivity index (χ1) is 7.35. The van der Waals surface area contributed by atoms with Gasteiger partial charge in [-0.2, -0.15) is 0 Å². The van der Waals surface area contributed by atoms with E-state index >= 15 is 0 Å². The molecule has 1 heterocycles. The van der Waals surface area contributed by atoms with Gasteiger partial charge < -0.3 is 9.47 Å². The van der Waals surface area contributed by atoms with E-state index in [1.807, 2.05) is 0 Å². The van der Waals surface area contributed by atoms with Crippen molar-refractivity contribution in [2.75, 3.05) is 6.61 Å². The monoisotopic (exact) mass is 226 g/mol. The summed E-state index contributed by atoms with van der Waals surface area (Å²) in [7, 11) is 0. The zero-order chi connectivity index (χ0) is 12.0. The summed E-state index contributed by atoms with van der Waals surface area (Å²) in [5.41, 5.74) is 0.144. The second kappa shape index (κ2) is 3.99. The van der Waals surface area contributed by atoms with E-state index in [2.05, 4.69) is 34.6 Å². The van der Waals surface area contributed by atoms with Gasteiger partial charge in [-0.25, -0.2) is 0 Å². The van der Waals surface area contributed by atoms with Gasteiger partial charge in [0.05, 0.1) is 12.7 Å². The molecule has 0 aromatic rings. The molecule has 2 fully saturated rings. The lowest BCUT2D eigenvalue weighted by atomic mass is 9.80. The minimum absolute atomic E-state index is 0.144. The van der Waals surface area contributed by atoms with Gasteiger partial charge in [0.2, 0.25) is 0 Å². The van der Waals surface area contributed by atoms with Crippen LogP contribution in [-0.2, 0) is 9.47 Å². The van der Waals surface area contributed by atoms with Crippen molar-refractivity contribution >= 4 is 0 Å².